The molecule has 1 aliphatic rings. The number of hydrogen-bond acceptors (Lipinski definition) is 4. The zero-order valence-electron chi connectivity index (χ0n) is 10.4. The highest BCUT2D eigenvalue weighted by Gasteiger charge is 2.33. The zero-order chi connectivity index (χ0) is 13.1. The second-order valence-electron chi connectivity index (χ2n) is 5.13. The van der Waals surface area contributed by atoms with E-state index in [1.54, 1.807) is 32.5 Å². The molecule has 1 fully saturated rings. The second-order valence-corrected chi connectivity index (χ2v) is 6.20. The molecule has 0 aromatic heterocycles. The Morgan fingerprint density at radius 1 is 1.41 bits per heavy atom. The smallest absolute Gasteiger partial charge is 0.407 e. The van der Waals surface area contributed by atoms with Gasteiger partial charge in [0.05, 0.1) is 5.92 Å². The van der Waals surface area contributed by atoms with E-state index < -0.39 is 17.7 Å². The van der Waals surface area contributed by atoms with Crippen molar-refractivity contribution < 1.29 is 19.4 Å². The van der Waals surface area contributed by atoms with Crippen molar-refractivity contribution in [3.63, 3.8) is 0 Å². The second kappa shape index (κ2) is 5.62. The molecule has 1 rings (SSSR count). The number of nitrogens with one attached hydrogen (secondary N) is 1. The minimum Gasteiger partial charge on any atom is -0.481 e. The Labute approximate surface area is 105 Å². The van der Waals surface area contributed by atoms with Crippen LogP contribution in [-0.4, -0.2) is 40.8 Å². The summed E-state index contributed by atoms with van der Waals surface area (Å²) >= 11 is 1.61. The highest BCUT2D eigenvalue weighted by Crippen LogP contribution is 2.29. The van der Waals surface area contributed by atoms with Crippen LogP contribution in [0.15, 0.2) is 0 Å². The van der Waals surface area contributed by atoms with Gasteiger partial charge in [-0.1, -0.05) is 0 Å². The van der Waals surface area contributed by atoms with E-state index in [1.165, 1.54) is 0 Å². The third-order valence-electron chi connectivity index (χ3n) is 2.42. The molecule has 1 amide bonds. The van der Waals surface area contributed by atoms with Gasteiger partial charge in [-0.3, -0.25) is 4.79 Å². The lowest BCUT2D eigenvalue weighted by Gasteiger charge is -2.21. The van der Waals surface area contributed by atoms with Gasteiger partial charge in [-0.05, 0) is 32.4 Å². The molecule has 2 N–H and O–H groups in total. The lowest BCUT2D eigenvalue weighted by molar-refractivity contribution is -0.142. The molecule has 0 saturated carbocycles. The number of ether oxygens (including phenoxy) is 1. The Kier molecular flexibility index (Phi) is 4.68. The minimum atomic E-state index is -0.786. The highest BCUT2D eigenvalue weighted by molar-refractivity contribution is 7.99. The molecule has 0 aromatic carbocycles. The molecule has 1 saturated heterocycles. The molecule has 0 unspecified atom stereocenters. The lowest BCUT2D eigenvalue weighted by Crippen LogP contribution is -2.38. The number of hydrogen-bond donors (Lipinski definition) is 2. The molecular weight excluding hydrogens is 242 g/mol. The topological polar surface area (TPSA) is 75.6 Å². The van der Waals surface area contributed by atoms with Crippen LogP contribution in [0.4, 0.5) is 4.79 Å². The predicted octanol–water partition coefficient (Wildman–Crippen LogP) is 1.57. The summed E-state index contributed by atoms with van der Waals surface area (Å²) in [6, 6.07) is 0. The van der Waals surface area contributed by atoms with Crippen LogP contribution in [0.2, 0.25) is 0 Å². The van der Waals surface area contributed by atoms with Crippen LogP contribution in [0.1, 0.15) is 20.8 Å². The molecule has 98 valence electrons. The fraction of sp³-hybridized carbons (Fsp3) is 0.818. The van der Waals surface area contributed by atoms with Crippen molar-refractivity contribution in [1.82, 2.24) is 5.32 Å². The number of rotatable bonds is 3. The fourth-order valence-corrected chi connectivity index (χ4v) is 3.06. The van der Waals surface area contributed by atoms with E-state index in [2.05, 4.69) is 5.32 Å². The van der Waals surface area contributed by atoms with Crippen LogP contribution in [-0.2, 0) is 9.53 Å². The normalized spacial score (nSPS) is 24.4. The Morgan fingerprint density at radius 3 is 2.59 bits per heavy atom. The van der Waals surface area contributed by atoms with Crippen molar-refractivity contribution in [3.05, 3.63) is 0 Å². The molecule has 0 aromatic rings. The van der Waals surface area contributed by atoms with Crippen LogP contribution in [0, 0.1) is 11.8 Å². The summed E-state index contributed by atoms with van der Waals surface area (Å²) in [6.07, 6.45) is -0.487. The molecule has 1 aliphatic heterocycles. The van der Waals surface area contributed by atoms with Crippen molar-refractivity contribution in [1.29, 1.82) is 0 Å². The molecule has 5 nitrogen and oxygen atoms in total. The highest BCUT2D eigenvalue weighted by atomic mass is 32.2. The first-order chi connectivity index (χ1) is 7.79. The van der Waals surface area contributed by atoms with Crippen LogP contribution in [0.5, 0.6) is 0 Å². The van der Waals surface area contributed by atoms with Gasteiger partial charge in [0.1, 0.15) is 5.60 Å². The molecule has 0 bridgehead atoms. The number of amides is 1. The molecule has 0 radical (unpaired) electrons. The number of carbonyl (C=O) groups excluding carboxylic acids is 1. The summed E-state index contributed by atoms with van der Waals surface area (Å²) in [5, 5.41) is 11.6. The lowest BCUT2D eigenvalue weighted by atomic mass is 9.96. The van der Waals surface area contributed by atoms with Gasteiger partial charge in [-0.25, -0.2) is 4.79 Å². The van der Waals surface area contributed by atoms with Gasteiger partial charge in [0.15, 0.2) is 0 Å². The SMILES string of the molecule is CC(C)(C)OC(=O)NC[C@@H]1CSC[C@H]1C(=O)O. The van der Waals surface area contributed by atoms with Gasteiger partial charge in [-0.15, -0.1) is 0 Å². The quantitative estimate of drug-likeness (QED) is 0.806. The van der Waals surface area contributed by atoms with Crippen molar-refractivity contribution in [3.8, 4) is 0 Å². The third-order valence-corrected chi connectivity index (χ3v) is 3.68. The van der Waals surface area contributed by atoms with Crippen molar-refractivity contribution in [2.45, 2.75) is 26.4 Å². The predicted molar refractivity (Wildman–Crippen MR) is 66.2 cm³/mol. The molecule has 1 heterocycles. The first-order valence-electron chi connectivity index (χ1n) is 5.57. The van der Waals surface area contributed by atoms with E-state index in [9.17, 15) is 9.59 Å². The van der Waals surface area contributed by atoms with Gasteiger partial charge in [0.2, 0.25) is 0 Å². The summed E-state index contributed by atoms with van der Waals surface area (Å²) in [5.74, 6) is 0.230. The Bertz CT molecular complexity index is 300. The van der Waals surface area contributed by atoms with E-state index in [0.29, 0.717) is 12.3 Å². The monoisotopic (exact) mass is 261 g/mol. The maximum Gasteiger partial charge on any atom is 0.407 e. The molecule has 0 spiro atoms. The number of alkyl carbamates (subject to hydrolysis) is 1. The van der Waals surface area contributed by atoms with Gasteiger partial charge in [0.25, 0.3) is 0 Å². The summed E-state index contributed by atoms with van der Waals surface area (Å²) in [5.41, 5.74) is -0.527. The number of carboxylic acids is 1. The van der Waals surface area contributed by atoms with Crippen LogP contribution in [0.3, 0.4) is 0 Å². The summed E-state index contributed by atoms with van der Waals surface area (Å²) in [6.45, 7) is 5.73. The van der Waals surface area contributed by atoms with E-state index in [4.69, 9.17) is 9.84 Å². The summed E-state index contributed by atoms with van der Waals surface area (Å²) < 4.78 is 5.09. The van der Waals surface area contributed by atoms with Crippen LogP contribution >= 0.6 is 11.8 Å². The summed E-state index contributed by atoms with van der Waals surface area (Å²) in [4.78, 5) is 22.3. The van der Waals surface area contributed by atoms with Crippen LogP contribution < -0.4 is 5.32 Å². The first-order valence-corrected chi connectivity index (χ1v) is 6.72. The number of carboxylic acid groups (broad SMARTS) is 1. The molecule has 2 atom stereocenters. The number of aliphatic carboxylic acids is 1. The average molecular weight is 261 g/mol. The Hall–Kier alpha value is -0.910. The average Bonchev–Trinajstić information content (AvgIpc) is 2.59. The van der Waals surface area contributed by atoms with Crippen LogP contribution in [0.25, 0.3) is 0 Å². The maximum atomic E-state index is 11.4. The van der Waals surface area contributed by atoms with E-state index in [-0.39, 0.29) is 11.8 Å². The fourth-order valence-electron chi connectivity index (χ4n) is 1.60. The molecule has 6 heteroatoms. The summed E-state index contributed by atoms with van der Waals surface area (Å²) in [7, 11) is 0. The minimum absolute atomic E-state index is 0.00924. The molecule has 17 heavy (non-hydrogen) atoms. The van der Waals surface area contributed by atoms with Gasteiger partial charge in [-0.2, -0.15) is 11.8 Å². The number of carbonyl (C=O) groups is 2. The Morgan fingerprint density at radius 2 is 2.06 bits per heavy atom. The van der Waals surface area contributed by atoms with E-state index >= 15 is 0 Å². The maximum absolute atomic E-state index is 11.4. The zero-order valence-corrected chi connectivity index (χ0v) is 11.2. The van der Waals surface area contributed by atoms with Gasteiger partial charge in [0, 0.05) is 12.3 Å². The van der Waals surface area contributed by atoms with Crippen molar-refractivity contribution in [2.75, 3.05) is 18.1 Å². The van der Waals surface area contributed by atoms with Gasteiger partial charge < -0.3 is 15.2 Å². The first kappa shape index (κ1) is 14.2. The largest absolute Gasteiger partial charge is 0.481 e. The third kappa shape index (κ3) is 4.85. The van der Waals surface area contributed by atoms with E-state index in [1.807, 2.05) is 0 Å². The van der Waals surface area contributed by atoms with Crippen molar-refractivity contribution >= 4 is 23.8 Å². The van der Waals surface area contributed by atoms with Crippen molar-refractivity contribution in [2.24, 2.45) is 11.8 Å². The standard InChI is InChI=1S/C11H19NO4S/c1-11(2,3)16-10(15)12-4-7-5-17-6-8(7)9(13)14/h7-8H,4-6H2,1-3H3,(H,12,15)(H,13,14)/t7-,8-/m1/s1. The number of thioether (sulfide) groups is 1. The molecular formula is C11H19NO4S. The van der Waals surface area contributed by atoms with E-state index in [0.717, 1.165) is 5.75 Å². The Balaban J connectivity index is 2.35. The molecule has 0 aliphatic carbocycles. The van der Waals surface area contributed by atoms with Gasteiger partial charge >= 0.3 is 12.1 Å².